The Labute approximate surface area is 86.1 Å². The summed E-state index contributed by atoms with van der Waals surface area (Å²) in [5.41, 5.74) is 2.05. The Hall–Kier alpha value is -0.450. The first-order chi connectivity index (χ1) is 5.75. The highest BCUT2D eigenvalue weighted by Gasteiger charge is 1.97. The average molecular weight is 244 g/mol. The smallest absolute Gasteiger partial charge is 0.0649 e. The lowest BCUT2D eigenvalue weighted by Gasteiger charge is -1.98. The molecule has 0 aliphatic heterocycles. The molecule has 0 aromatic heterocycles. The van der Waals surface area contributed by atoms with E-state index in [4.69, 9.17) is 11.6 Å². The van der Waals surface area contributed by atoms with Crippen molar-refractivity contribution in [1.82, 2.24) is 0 Å². The summed E-state index contributed by atoms with van der Waals surface area (Å²) in [5.74, 6) is 5.96. The van der Waals surface area contributed by atoms with Crippen LogP contribution in [0.25, 0.3) is 0 Å². The van der Waals surface area contributed by atoms with E-state index in [-0.39, 0.29) is 0 Å². The van der Waals surface area contributed by atoms with Gasteiger partial charge in [0, 0.05) is 10.6 Å². The van der Waals surface area contributed by atoms with Gasteiger partial charge in [-0.3, -0.25) is 0 Å². The summed E-state index contributed by atoms with van der Waals surface area (Å²) < 4.78 is 0. The maximum absolute atomic E-state index is 5.91. The van der Waals surface area contributed by atoms with Crippen LogP contribution in [0.3, 0.4) is 0 Å². The fraction of sp³-hybridized carbons (Fsp3) is 0.200. The highest BCUT2D eigenvalue weighted by atomic mass is 79.9. The molecule has 0 fully saturated rings. The monoisotopic (exact) mass is 242 g/mol. The first-order valence-corrected chi connectivity index (χ1v) is 5.05. The molecule has 0 N–H and O–H groups in total. The lowest BCUT2D eigenvalue weighted by molar-refractivity contribution is 1.43. The summed E-state index contributed by atoms with van der Waals surface area (Å²) in [6.07, 6.45) is 0. The predicted octanol–water partition coefficient (Wildman–Crippen LogP) is 3.39. The van der Waals surface area contributed by atoms with E-state index in [1.54, 1.807) is 0 Å². The van der Waals surface area contributed by atoms with Gasteiger partial charge in [0.05, 0.1) is 5.33 Å². The highest BCUT2D eigenvalue weighted by Crippen LogP contribution is 2.17. The fourth-order valence-corrected chi connectivity index (χ4v) is 1.19. The molecule has 0 bridgehead atoms. The molecule has 0 saturated carbocycles. The SMILES string of the molecule is Cc1c(Cl)cccc1C#CCBr. The maximum atomic E-state index is 5.91. The zero-order chi connectivity index (χ0) is 8.97. The van der Waals surface area contributed by atoms with Crippen LogP contribution >= 0.6 is 27.5 Å². The zero-order valence-corrected chi connectivity index (χ0v) is 9.04. The van der Waals surface area contributed by atoms with E-state index in [1.807, 2.05) is 25.1 Å². The molecule has 0 heterocycles. The van der Waals surface area contributed by atoms with Gasteiger partial charge >= 0.3 is 0 Å². The van der Waals surface area contributed by atoms with Crippen molar-refractivity contribution >= 4 is 27.5 Å². The van der Waals surface area contributed by atoms with Crippen molar-refractivity contribution in [3.05, 3.63) is 34.3 Å². The van der Waals surface area contributed by atoms with Gasteiger partial charge in [-0.25, -0.2) is 0 Å². The molecule has 0 saturated heterocycles. The first-order valence-electron chi connectivity index (χ1n) is 3.55. The van der Waals surface area contributed by atoms with Gasteiger partial charge in [-0.1, -0.05) is 45.4 Å². The molecule has 1 rings (SSSR count). The van der Waals surface area contributed by atoms with Gasteiger partial charge in [0.25, 0.3) is 0 Å². The van der Waals surface area contributed by atoms with Crippen LogP contribution < -0.4 is 0 Å². The van der Waals surface area contributed by atoms with Gasteiger partial charge < -0.3 is 0 Å². The number of hydrogen-bond acceptors (Lipinski definition) is 0. The van der Waals surface area contributed by atoms with Crippen molar-refractivity contribution in [1.29, 1.82) is 0 Å². The molecule has 12 heavy (non-hydrogen) atoms. The number of halogens is 2. The molecule has 0 spiro atoms. The molecule has 0 unspecified atom stereocenters. The van der Waals surface area contributed by atoms with Gasteiger partial charge in [0.1, 0.15) is 0 Å². The highest BCUT2D eigenvalue weighted by molar-refractivity contribution is 9.09. The Morgan fingerprint density at radius 2 is 2.25 bits per heavy atom. The van der Waals surface area contributed by atoms with E-state index in [0.29, 0.717) is 5.33 Å². The minimum Gasteiger partial charge on any atom is -0.0863 e. The quantitative estimate of drug-likeness (QED) is 0.484. The lowest BCUT2D eigenvalue weighted by atomic mass is 10.1. The molecule has 0 radical (unpaired) electrons. The largest absolute Gasteiger partial charge is 0.0863 e. The van der Waals surface area contributed by atoms with Gasteiger partial charge in [-0.05, 0) is 24.6 Å². The van der Waals surface area contributed by atoms with Crippen LogP contribution in [0.15, 0.2) is 18.2 Å². The molecule has 1 aromatic rings. The third-order valence-corrected chi connectivity index (χ3v) is 2.25. The van der Waals surface area contributed by atoms with Crippen LogP contribution in [0.2, 0.25) is 5.02 Å². The van der Waals surface area contributed by atoms with Crippen LogP contribution in [0.1, 0.15) is 11.1 Å². The van der Waals surface area contributed by atoms with Crippen LogP contribution in [-0.4, -0.2) is 5.33 Å². The second kappa shape index (κ2) is 4.54. The third-order valence-electron chi connectivity index (χ3n) is 1.56. The van der Waals surface area contributed by atoms with Gasteiger partial charge in [-0.2, -0.15) is 0 Å². The molecule has 62 valence electrons. The maximum Gasteiger partial charge on any atom is 0.0649 e. The average Bonchev–Trinajstić information content (AvgIpc) is 2.08. The van der Waals surface area contributed by atoms with Crippen LogP contribution in [0.5, 0.6) is 0 Å². The van der Waals surface area contributed by atoms with Crippen LogP contribution in [0, 0.1) is 18.8 Å². The number of rotatable bonds is 0. The lowest BCUT2D eigenvalue weighted by Crippen LogP contribution is -1.82. The standard InChI is InChI=1S/C10H8BrCl/c1-8-9(5-3-7-11)4-2-6-10(8)12/h2,4,6H,7H2,1H3. The van der Waals surface area contributed by atoms with Crippen molar-refractivity contribution in [2.24, 2.45) is 0 Å². The molecule has 1 aromatic carbocycles. The van der Waals surface area contributed by atoms with E-state index in [0.717, 1.165) is 16.1 Å². The molecule has 0 aliphatic carbocycles. The summed E-state index contributed by atoms with van der Waals surface area (Å²) in [5, 5.41) is 1.47. The number of alkyl halides is 1. The van der Waals surface area contributed by atoms with Crippen molar-refractivity contribution < 1.29 is 0 Å². The van der Waals surface area contributed by atoms with E-state index in [2.05, 4.69) is 27.8 Å². The number of hydrogen-bond donors (Lipinski definition) is 0. The topological polar surface area (TPSA) is 0 Å². The molecule has 0 aliphatic rings. The van der Waals surface area contributed by atoms with E-state index in [9.17, 15) is 0 Å². The summed E-state index contributed by atoms with van der Waals surface area (Å²) in [7, 11) is 0. The predicted molar refractivity (Wildman–Crippen MR) is 56.9 cm³/mol. The number of benzene rings is 1. The molecule has 2 heteroatoms. The molecule has 0 atom stereocenters. The Kier molecular flexibility index (Phi) is 3.65. The minimum atomic E-state index is 0.693. The van der Waals surface area contributed by atoms with Gasteiger partial charge in [0.2, 0.25) is 0 Å². The second-order valence-corrected chi connectivity index (χ2v) is 3.32. The third kappa shape index (κ3) is 2.27. The summed E-state index contributed by atoms with van der Waals surface area (Å²) >= 11 is 9.16. The van der Waals surface area contributed by atoms with Crippen molar-refractivity contribution in [2.45, 2.75) is 6.92 Å². The first kappa shape index (κ1) is 9.64. The van der Waals surface area contributed by atoms with Crippen molar-refractivity contribution in [3.63, 3.8) is 0 Å². The minimum absolute atomic E-state index is 0.693. The zero-order valence-electron chi connectivity index (χ0n) is 6.70. The Bertz CT molecular complexity index is 333. The second-order valence-electron chi connectivity index (χ2n) is 2.35. The van der Waals surface area contributed by atoms with Gasteiger partial charge in [0.15, 0.2) is 0 Å². The Balaban J connectivity index is 3.08. The molecule has 0 nitrogen and oxygen atoms in total. The van der Waals surface area contributed by atoms with Crippen molar-refractivity contribution in [2.75, 3.05) is 5.33 Å². The van der Waals surface area contributed by atoms with E-state index < -0.39 is 0 Å². The molecular formula is C10H8BrCl. The van der Waals surface area contributed by atoms with E-state index in [1.165, 1.54) is 0 Å². The molecular weight excluding hydrogens is 235 g/mol. The normalized spacial score (nSPS) is 8.92. The molecule has 0 amide bonds. The summed E-state index contributed by atoms with van der Waals surface area (Å²) in [6.45, 7) is 1.97. The van der Waals surface area contributed by atoms with E-state index >= 15 is 0 Å². The summed E-state index contributed by atoms with van der Waals surface area (Å²) in [6, 6.07) is 5.75. The Morgan fingerprint density at radius 1 is 1.50 bits per heavy atom. The van der Waals surface area contributed by atoms with Gasteiger partial charge in [-0.15, -0.1) is 0 Å². The van der Waals surface area contributed by atoms with Crippen LogP contribution in [0.4, 0.5) is 0 Å². The Morgan fingerprint density at radius 3 is 2.92 bits per heavy atom. The van der Waals surface area contributed by atoms with Crippen LogP contribution in [-0.2, 0) is 0 Å². The summed E-state index contributed by atoms with van der Waals surface area (Å²) in [4.78, 5) is 0. The van der Waals surface area contributed by atoms with Crippen molar-refractivity contribution in [3.8, 4) is 11.8 Å². The fourth-order valence-electron chi connectivity index (χ4n) is 0.872.